The summed E-state index contributed by atoms with van der Waals surface area (Å²) < 4.78 is 0. The number of nitrogens with one attached hydrogen (secondary N) is 1. The van der Waals surface area contributed by atoms with Gasteiger partial charge in [-0.2, -0.15) is 0 Å². The van der Waals surface area contributed by atoms with Gasteiger partial charge in [0, 0.05) is 13.2 Å². The van der Waals surface area contributed by atoms with Gasteiger partial charge in [-0.05, 0) is 0 Å². The molecule has 1 aromatic rings. The maximum absolute atomic E-state index is 5.72. The average molecular weight is 158 g/mol. The molecule has 0 atom stereocenters. The van der Waals surface area contributed by atoms with Crippen molar-refractivity contribution in [1.82, 2.24) is 4.98 Å². The monoisotopic (exact) mass is 157 g/mol. The van der Waals surface area contributed by atoms with Gasteiger partial charge in [0.2, 0.25) is 0 Å². The fourth-order valence-electron chi connectivity index (χ4n) is 0.714. The van der Waals surface area contributed by atoms with Gasteiger partial charge in [0.25, 0.3) is 0 Å². The lowest BCUT2D eigenvalue weighted by molar-refractivity contribution is 1.32. The minimum absolute atomic E-state index is 0.544. The molecule has 0 aliphatic rings. The van der Waals surface area contributed by atoms with Gasteiger partial charge in [0.1, 0.15) is 0 Å². The zero-order valence-electron chi connectivity index (χ0n) is 5.56. The van der Waals surface area contributed by atoms with Crippen LogP contribution in [0.3, 0.4) is 0 Å². The standard InChI is InChI=1S/C6H8ClN3/c1-9-6-4(7)2-10-3-5(6)8/h2-3H,8H2,1H3,(H,9,10). The highest BCUT2D eigenvalue weighted by atomic mass is 35.5. The second kappa shape index (κ2) is 2.75. The molecule has 1 heterocycles. The molecule has 0 unspecified atom stereocenters. The number of hydrogen-bond acceptors (Lipinski definition) is 3. The van der Waals surface area contributed by atoms with Gasteiger partial charge in [-0.25, -0.2) is 0 Å². The Morgan fingerprint density at radius 3 is 2.70 bits per heavy atom. The van der Waals surface area contributed by atoms with Gasteiger partial charge in [-0.3, -0.25) is 4.98 Å². The first-order valence-electron chi connectivity index (χ1n) is 2.82. The first kappa shape index (κ1) is 7.15. The van der Waals surface area contributed by atoms with E-state index in [9.17, 15) is 0 Å². The molecule has 0 saturated heterocycles. The number of halogens is 1. The van der Waals surface area contributed by atoms with Crippen molar-refractivity contribution in [3.05, 3.63) is 17.4 Å². The molecule has 0 aromatic carbocycles. The molecule has 0 radical (unpaired) electrons. The van der Waals surface area contributed by atoms with Crippen LogP contribution in [0.2, 0.25) is 5.02 Å². The molecular weight excluding hydrogens is 150 g/mol. The molecule has 0 aliphatic heterocycles. The number of pyridine rings is 1. The smallest absolute Gasteiger partial charge is 0.0841 e. The molecule has 10 heavy (non-hydrogen) atoms. The molecule has 54 valence electrons. The normalized spacial score (nSPS) is 9.40. The van der Waals surface area contributed by atoms with Crippen LogP contribution >= 0.6 is 11.6 Å². The van der Waals surface area contributed by atoms with Gasteiger partial charge in [0.05, 0.1) is 22.6 Å². The van der Waals surface area contributed by atoms with Crippen LogP contribution in [0, 0.1) is 0 Å². The largest absolute Gasteiger partial charge is 0.396 e. The van der Waals surface area contributed by atoms with Gasteiger partial charge < -0.3 is 11.1 Å². The van der Waals surface area contributed by atoms with Crippen molar-refractivity contribution < 1.29 is 0 Å². The second-order valence-electron chi connectivity index (χ2n) is 1.84. The lowest BCUT2D eigenvalue weighted by Gasteiger charge is -2.04. The fourth-order valence-corrected chi connectivity index (χ4v) is 0.974. The fraction of sp³-hybridized carbons (Fsp3) is 0.167. The van der Waals surface area contributed by atoms with Gasteiger partial charge >= 0.3 is 0 Å². The summed E-state index contributed by atoms with van der Waals surface area (Å²) >= 11 is 5.72. The van der Waals surface area contributed by atoms with Crippen LogP contribution in [0.4, 0.5) is 11.4 Å². The predicted octanol–water partition coefficient (Wildman–Crippen LogP) is 1.36. The molecule has 0 bridgehead atoms. The number of nitrogens with zero attached hydrogens (tertiary/aromatic N) is 1. The first-order chi connectivity index (χ1) is 4.75. The Bertz CT molecular complexity index is 216. The molecule has 0 aliphatic carbocycles. The van der Waals surface area contributed by atoms with Crippen LogP contribution in [0.15, 0.2) is 12.4 Å². The molecule has 3 nitrogen and oxygen atoms in total. The maximum atomic E-state index is 5.72. The average Bonchev–Trinajstić information content (AvgIpc) is 1.88. The quantitative estimate of drug-likeness (QED) is 0.647. The topological polar surface area (TPSA) is 50.9 Å². The number of nitrogens with two attached hydrogens (primary N) is 1. The Kier molecular flexibility index (Phi) is 1.97. The van der Waals surface area contributed by atoms with Crippen molar-refractivity contribution in [2.75, 3.05) is 18.1 Å². The molecular formula is C6H8ClN3. The van der Waals surface area contributed by atoms with Crippen molar-refractivity contribution in [2.45, 2.75) is 0 Å². The van der Waals surface area contributed by atoms with Crippen molar-refractivity contribution in [1.29, 1.82) is 0 Å². The summed E-state index contributed by atoms with van der Waals surface area (Å²) in [5.74, 6) is 0. The van der Waals surface area contributed by atoms with Crippen LogP contribution in [0.1, 0.15) is 0 Å². The van der Waals surface area contributed by atoms with E-state index in [1.165, 1.54) is 0 Å². The molecule has 0 amide bonds. The van der Waals surface area contributed by atoms with E-state index in [0.717, 1.165) is 5.69 Å². The molecule has 1 rings (SSSR count). The number of hydrogen-bond donors (Lipinski definition) is 2. The van der Waals surface area contributed by atoms with E-state index in [1.807, 2.05) is 0 Å². The summed E-state index contributed by atoms with van der Waals surface area (Å²) in [6.07, 6.45) is 3.10. The zero-order valence-corrected chi connectivity index (χ0v) is 6.31. The summed E-state index contributed by atoms with van der Waals surface area (Å²) in [6.45, 7) is 0. The van der Waals surface area contributed by atoms with Gasteiger partial charge in [0.15, 0.2) is 0 Å². The van der Waals surface area contributed by atoms with Crippen molar-refractivity contribution >= 4 is 23.0 Å². The Labute approximate surface area is 64.2 Å². The third-order valence-corrected chi connectivity index (χ3v) is 1.47. The van der Waals surface area contributed by atoms with E-state index in [0.29, 0.717) is 10.7 Å². The number of anilines is 2. The zero-order chi connectivity index (χ0) is 7.56. The van der Waals surface area contributed by atoms with E-state index in [1.54, 1.807) is 19.4 Å². The predicted molar refractivity (Wildman–Crippen MR) is 43.2 cm³/mol. The summed E-state index contributed by atoms with van der Waals surface area (Å²) in [7, 11) is 1.76. The summed E-state index contributed by atoms with van der Waals surface area (Å²) in [5.41, 5.74) is 6.82. The molecule has 0 fully saturated rings. The third kappa shape index (κ3) is 1.14. The first-order valence-corrected chi connectivity index (χ1v) is 3.20. The molecule has 1 aromatic heterocycles. The summed E-state index contributed by atoms with van der Waals surface area (Å²) in [6, 6.07) is 0. The molecule has 3 N–H and O–H groups in total. The Morgan fingerprint density at radius 2 is 2.30 bits per heavy atom. The van der Waals surface area contributed by atoms with Crippen LogP contribution in [-0.4, -0.2) is 12.0 Å². The summed E-state index contributed by atoms with van der Waals surface area (Å²) in [5, 5.41) is 3.41. The SMILES string of the molecule is CNc1c(N)cncc1Cl. The van der Waals surface area contributed by atoms with Crippen LogP contribution in [0.25, 0.3) is 0 Å². The van der Waals surface area contributed by atoms with Crippen molar-refractivity contribution in [3.63, 3.8) is 0 Å². The highest BCUT2D eigenvalue weighted by Crippen LogP contribution is 2.25. The van der Waals surface area contributed by atoms with Gasteiger partial charge in [-0.15, -0.1) is 0 Å². The summed E-state index contributed by atoms with van der Waals surface area (Å²) in [4.78, 5) is 3.80. The van der Waals surface area contributed by atoms with Crippen molar-refractivity contribution in [3.8, 4) is 0 Å². The Hall–Kier alpha value is -0.960. The van der Waals surface area contributed by atoms with Crippen LogP contribution < -0.4 is 11.1 Å². The highest BCUT2D eigenvalue weighted by molar-refractivity contribution is 6.33. The number of rotatable bonds is 1. The maximum Gasteiger partial charge on any atom is 0.0841 e. The van der Waals surface area contributed by atoms with E-state index >= 15 is 0 Å². The minimum atomic E-state index is 0.544. The number of aromatic nitrogens is 1. The lowest BCUT2D eigenvalue weighted by atomic mass is 10.3. The Morgan fingerprint density at radius 1 is 1.60 bits per heavy atom. The van der Waals surface area contributed by atoms with E-state index in [2.05, 4.69) is 10.3 Å². The highest BCUT2D eigenvalue weighted by Gasteiger charge is 2.00. The van der Waals surface area contributed by atoms with E-state index in [4.69, 9.17) is 17.3 Å². The second-order valence-corrected chi connectivity index (χ2v) is 2.24. The van der Waals surface area contributed by atoms with E-state index in [-0.39, 0.29) is 0 Å². The van der Waals surface area contributed by atoms with Crippen LogP contribution in [-0.2, 0) is 0 Å². The molecule has 0 spiro atoms. The van der Waals surface area contributed by atoms with E-state index < -0.39 is 0 Å². The molecule has 4 heteroatoms. The number of nitrogen functional groups attached to an aromatic ring is 1. The van der Waals surface area contributed by atoms with Crippen LogP contribution in [0.5, 0.6) is 0 Å². The molecule has 0 saturated carbocycles. The minimum Gasteiger partial charge on any atom is -0.396 e. The van der Waals surface area contributed by atoms with Crippen molar-refractivity contribution in [2.24, 2.45) is 0 Å². The lowest BCUT2D eigenvalue weighted by Crippen LogP contribution is -1.96. The third-order valence-electron chi connectivity index (χ3n) is 1.18. The Balaban J connectivity index is 3.17. The van der Waals surface area contributed by atoms with Gasteiger partial charge in [-0.1, -0.05) is 11.6 Å².